The van der Waals surface area contributed by atoms with Crippen LogP contribution in [-0.4, -0.2) is 124 Å². The monoisotopic (exact) mass is 640 g/mol. The van der Waals surface area contributed by atoms with E-state index in [2.05, 4.69) is 0 Å². The Bertz CT molecular complexity index is 986. The molecule has 0 aliphatic heterocycles. The van der Waals surface area contributed by atoms with E-state index in [1.54, 1.807) is 0 Å². The first kappa shape index (κ1) is 38.3. The topological polar surface area (TPSA) is 161 Å². The molecule has 0 unspecified atom stereocenters. The molecule has 0 spiro atoms. The van der Waals surface area contributed by atoms with Crippen LogP contribution in [-0.2, 0) is 44.5 Å². The van der Waals surface area contributed by atoms with Gasteiger partial charge in [-0.25, -0.2) is 0 Å². The molecule has 0 aromatic heterocycles. The average molecular weight is 641 g/mol. The van der Waals surface area contributed by atoms with Crippen LogP contribution in [0, 0.1) is 10.1 Å². The largest absolute Gasteiger partial charge is 0.487 e. The molecule has 254 valence electrons. The quantitative estimate of drug-likeness (QED) is 0.0728. The maximum atomic E-state index is 11.2. The van der Waals surface area contributed by atoms with Crippen molar-refractivity contribution in [1.29, 1.82) is 0 Å². The molecule has 0 atom stereocenters. The molecule has 0 radical (unpaired) electrons. The van der Waals surface area contributed by atoms with Crippen molar-refractivity contribution < 1.29 is 52.3 Å². The highest BCUT2D eigenvalue weighted by molar-refractivity contribution is 5.48. The molecule has 2 aromatic carbocycles. The first-order valence-corrected chi connectivity index (χ1v) is 15.1. The second kappa shape index (κ2) is 27.4. The summed E-state index contributed by atoms with van der Waals surface area (Å²) < 4.78 is 54.9. The zero-order valence-electron chi connectivity index (χ0n) is 26.0. The molecule has 0 bridgehead atoms. The van der Waals surface area contributed by atoms with E-state index in [0.29, 0.717) is 124 Å². The van der Waals surface area contributed by atoms with Gasteiger partial charge in [0.1, 0.15) is 13.2 Å². The van der Waals surface area contributed by atoms with Gasteiger partial charge >= 0.3 is 0 Å². The van der Waals surface area contributed by atoms with Gasteiger partial charge in [0.25, 0.3) is 5.69 Å². The van der Waals surface area contributed by atoms with Crippen molar-refractivity contribution in [3.8, 4) is 11.5 Å². The number of nitro benzene ring substituents is 1. The minimum absolute atomic E-state index is 0.0713. The third-order valence-corrected chi connectivity index (χ3v) is 5.73. The summed E-state index contributed by atoms with van der Waals surface area (Å²) in [6.07, 6.45) is 0. The predicted molar refractivity (Wildman–Crippen MR) is 165 cm³/mol. The Labute approximate surface area is 265 Å². The molecule has 14 heteroatoms. The van der Waals surface area contributed by atoms with Crippen LogP contribution >= 0.6 is 0 Å². The van der Waals surface area contributed by atoms with Crippen molar-refractivity contribution in [2.45, 2.75) is 6.61 Å². The van der Waals surface area contributed by atoms with Crippen LogP contribution in [0.5, 0.6) is 11.5 Å². The number of benzene rings is 2. The van der Waals surface area contributed by atoms with E-state index in [9.17, 15) is 10.1 Å². The van der Waals surface area contributed by atoms with Crippen LogP contribution < -0.4 is 15.2 Å². The molecule has 2 rings (SSSR count). The lowest BCUT2D eigenvalue weighted by Crippen LogP contribution is -2.15. The van der Waals surface area contributed by atoms with Gasteiger partial charge in [-0.15, -0.1) is 0 Å². The Hall–Kier alpha value is -2.92. The number of hydrogen-bond acceptors (Lipinski definition) is 13. The fourth-order valence-electron chi connectivity index (χ4n) is 3.51. The Kier molecular flexibility index (Phi) is 23.3. The molecular formula is C31H48N2O12. The van der Waals surface area contributed by atoms with Crippen molar-refractivity contribution in [2.75, 3.05) is 119 Å². The average Bonchev–Trinajstić information content (AvgIpc) is 3.06. The molecule has 2 aromatic rings. The summed E-state index contributed by atoms with van der Waals surface area (Å²) >= 11 is 0. The molecule has 0 aliphatic rings. The first-order chi connectivity index (χ1) is 22.2. The molecule has 0 saturated heterocycles. The zero-order chi connectivity index (χ0) is 32.0. The maximum absolute atomic E-state index is 11.2. The van der Waals surface area contributed by atoms with Crippen molar-refractivity contribution in [3.63, 3.8) is 0 Å². The lowest BCUT2D eigenvalue weighted by atomic mass is 10.2. The van der Waals surface area contributed by atoms with E-state index >= 15 is 0 Å². The van der Waals surface area contributed by atoms with E-state index in [1.165, 1.54) is 18.2 Å². The van der Waals surface area contributed by atoms with Gasteiger partial charge in [-0.3, -0.25) is 10.1 Å². The number of nitrogens with two attached hydrogens (primary N) is 1. The standard InChI is InChI=1S/C31H48N2O12/c32-8-9-36-10-11-37-12-13-38-14-15-39-16-17-40-18-19-41-20-21-42-22-23-43-24-25-44-30-7-6-29(33(34)35)26-31(30)45-27-28-4-2-1-3-5-28/h1-7,26H,8-25,27,32H2. The molecule has 0 fully saturated rings. The lowest BCUT2D eigenvalue weighted by molar-refractivity contribution is -0.385. The van der Waals surface area contributed by atoms with Gasteiger partial charge in [0.15, 0.2) is 11.5 Å². The predicted octanol–water partition coefficient (Wildman–Crippen LogP) is 2.64. The van der Waals surface area contributed by atoms with Crippen LogP contribution in [0.4, 0.5) is 5.69 Å². The number of hydrogen-bond donors (Lipinski definition) is 1. The van der Waals surface area contributed by atoms with E-state index in [0.717, 1.165) is 5.56 Å². The summed E-state index contributed by atoms with van der Waals surface area (Å²) in [5.74, 6) is 0.713. The highest BCUT2D eigenvalue weighted by Crippen LogP contribution is 2.32. The lowest BCUT2D eigenvalue weighted by Gasteiger charge is -2.13. The van der Waals surface area contributed by atoms with E-state index < -0.39 is 4.92 Å². The Morgan fingerprint density at radius 3 is 1.36 bits per heavy atom. The summed E-state index contributed by atoms with van der Waals surface area (Å²) in [6, 6.07) is 13.8. The number of ether oxygens (including phenoxy) is 10. The minimum atomic E-state index is -0.471. The van der Waals surface area contributed by atoms with E-state index in [1.807, 2.05) is 30.3 Å². The molecule has 0 aliphatic carbocycles. The highest BCUT2D eigenvalue weighted by Gasteiger charge is 2.13. The Morgan fingerprint density at radius 2 is 0.933 bits per heavy atom. The van der Waals surface area contributed by atoms with Gasteiger partial charge in [-0.1, -0.05) is 30.3 Å². The van der Waals surface area contributed by atoms with E-state index in [4.69, 9.17) is 53.1 Å². The van der Waals surface area contributed by atoms with Crippen LogP contribution in [0.25, 0.3) is 0 Å². The molecule has 0 heterocycles. The first-order valence-electron chi connectivity index (χ1n) is 15.1. The Morgan fingerprint density at radius 1 is 0.511 bits per heavy atom. The summed E-state index contributed by atoms with van der Waals surface area (Å²) in [5, 5.41) is 11.2. The smallest absolute Gasteiger partial charge is 0.273 e. The number of nitro groups is 1. The summed E-state index contributed by atoms with van der Waals surface area (Å²) in [5.41, 5.74) is 6.20. The van der Waals surface area contributed by atoms with Crippen LogP contribution in [0.15, 0.2) is 48.5 Å². The van der Waals surface area contributed by atoms with Crippen LogP contribution in [0.1, 0.15) is 5.56 Å². The van der Waals surface area contributed by atoms with Gasteiger partial charge < -0.3 is 53.1 Å². The summed E-state index contributed by atoms with van der Waals surface area (Å²) in [6.45, 7) is 8.64. The molecule has 45 heavy (non-hydrogen) atoms. The summed E-state index contributed by atoms with van der Waals surface area (Å²) in [7, 11) is 0. The minimum Gasteiger partial charge on any atom is -0.487 e. The SMILES string of the molecule is NCCOCCOCCOCCOCCOCCOCCOCCOCCOc1ccc([N+](=O)[O-])cc1OCc1ccccc1. The number of rotatable bonds is 31. The van der Waals surface area contributed by atoms with Crippen LogP contribution in [0.2, 0.25) is 0 Å². The van der Waals surface area contributed by atoms with Crippen molar-refractivity contribution in [1.82, 2.24) is 0 Å². The zero-order valence-corrected chi connectivity index (χ0v) is 26.0. The fourth-order valence-corrected chi connectivity index (χ4v) is 3.51. The summed E-state index contributed by atoms with van der Waals surface area (Å²) in [4.78, 5) is 10.7. The second-order valence-corrected chi connectivity index (χ2v) is 9.20. The Balaban J connectivity index is 1.35. The fraction of sp³-hybridized carbons (Fsp3) is 0.613. The third-order valence-electron chi connectivity index (χ3n) is 5.73. The van der Waals surface area contributed by atoms with Crippen molar-refractivity contribution in [2.24, 2.45) is 5.73 Å². The maximum Gasteiger partial charge on any atom is 0.273 e. The van der Waals surface area contributed by atoms with Gasteiger partial charge in [0.2, 0.25) is 0 Å². The second-order valence-electron chi connectivity index (χ2n) is 9.20. The van der Waals surface area contributed by atoms with Crippen molar-refractivity contribution >= 4 is 5.69 Å². The molecule has 2 N–H and O–H groups in total. The molecular weight excluding hydrogens is 592 g/mol. The van der Waals surface area contributed by atoms with Gasteiger partial charge in [0.05, 0.1) is 117 Å². The molecule has 14 nitrogen and oxygen atoms in total. The third kappa shape index (κ3) is 20.7. The number of nitrogens with zero attached hydrogens (tertiary/aromatic N) is 1. The van der Waals surface area contributed by atoms with Gasteiger partial charge in [-0.2, -0.15) is 0 Å². The van der Waals surface area contributed by atoms with Gasteiger partial charge in [-0.05, 0) is 11.6 Å². The normalized spacial score (nSPS) is 11.1. The van der Waals surface area contributed by atoms with Crippen molar-refractivity contribution in [3.05, 3.63) is 64.2 Å². The number of non-ortho nitro benzene ring substituents is 1. The molecule has 0 saturated carbocycles. The molecule has 0 amide bonds. The van der Waals surface area contributed by atoms with E-state index in [-0.39, 0.29) is 18.9 Å². The highest BCUT2D eigenvalue weighted by atomic mass is 16.6. The van der Waals surface area contributed by atoms with Gasteiger partial charge in [0, 0.05) is 12.6 Å². The van der Waals surface area contributed by atoms with Crippen LogP contribution in [0.3, 0.4) is 0 Å².